The van der Waals surface area contributed by atoms with Gasteiger partial charge in [0, 0.05) is 26.2 Å². The van der Waals surface area contributed by atoms with Gasteiger partial charge in [-0.05, 0) is 31.0 Å². The van der Waals surface area contributed by atoms with E-state index in [2.05, 4.69) is 5.32 Å². The number of methoxy groups -OCH3 is 1. The maximum absolute atomic E-state index is 12.6. The Labute approximate surface area is 152 Å². The van der Waals surface area contributed by atoms with Crippen LogP contribution in [0.4, 0.5) is 10.5 Å². The summed E-state index contributed by atoms with van der Waals surface area (Å²) in [6, 6.07) is 5.38. The Bertz CT molecular complexity index is 721. The molecule has 26 heavy (non-hydrogen) atoms. The maximum Gasteiger partial charge on any atom is 0.409 e. The third-order valence-electron chi connectivity index (χ3n) is 4.61. The molecular formula is C18H23N3O5. The molecule has 8 heteroatoms. The monoisotopic (exact) mass is 361 g/mol. The average Bonchev–Trinajstić information content (AvgIpc) is 2.88. The van der Waals surface area contributed by atoms with Crippen LogP contribution in [0, 0.1) is 0 Å². The van der Waals surface area contributed by atoms with Crippen molar-refractivity contribution in [3.8, 4) is 5.75 Å². The summed E-state index contributed by atoms with van der Waals surface area (Å²) in [6.07, 6.45) is 0.0628. The summed E-state index contributed by atoms with van der Waals surface area (Å²) in [5, 5.41) is 2.79. The molecule has 140 valence electrons. The molecule has 1 saturated heterocycles. The van der Waals surface area contributed by atoms with E-state index < -0.39 is 6.10 Å². The van der Waals surface area contributed by atoms with Crippen LogP contribution in [0.3, 0.4) is 0 Å². The Morgan fingerprint density at radius 3 is 2.73 bits per heavy atom. The van der Waals surface area contributed by atoms with Crippen molar-refractivity contribution in [3.63, 3.8) is 0 Å². The lowest BCUT2D eigenvalue weighted by Crippen LogP contribution is -2.38. The zero-order valence-corrected chi connectivity index (χ0v) is 15.0. The molecule has 3 amide bonds. The first-order chi connectivity index (χ1) is 12.5. The summed E-state index contributed by atoms with van der Waals surface area (Å²) >= 11 is 0. The predicted molar refractivity (Wildman–Crippen MR) is 94.0 cm³/mol. The minimum Gasteiger partial charge on any atom is -0.479 e. The molecule has 0 saturated carbocycles. The molecule has 8 nitrogen and oxygen atoms in total. The molecule has 0 aromatic heterocycles. The molecule has 2 heterocycles. The quantitative estimate of drug-likeness (QED) is 0.856. The number of hydrogen-bond acceptors (Lipinski definition) is 5. The highest BCUT2D eigenvalue weighted by atomic mass is 16.5. The van der Waals surface area contributed by atoms with Crippen molar-refractivity contribution in [2.75, 3.05) is 38.6 Å². The number of nitrogens with zero attached hydrogens (tertiary/aromatic N) is 2. The molecule has 1 fully saturated rings. The van der Waals surface area contributed by atoms with Crippen LogP contribution in [0.2, 0.25) is 0 Å². The zero-order chi connectivity index (χ0) is 18.7. The molecule has 1 N–H and O–H groups in total. The number of carbonyl (C=O) groups is 3. The van der Waals surface area contributed by atoms with Crippen molar-refractivity contribution < 1.29 is 23.9 Å². The third-order valence-corrected chi connectivity index (χ3v) is 4.61. The highest BCUT2D eigenvalue weighted by molar-refractivity contribution is 5.97. The molecule has 0 spiro atoms. The van der Waals surface area contributed by atoms with Gasteiger partial charge in [0.25, 0.3) is 5.91 Å². The SMILES string of the molecule is COC(=O)N1CCCN(C(=O)Cc2ccc3c(c2)NC(=O)C(C)O3)CC1. The summed E-state index contributed by atoms with van der Waals surface area (Å²) in [5.74, 6) is 0.404. The Kier molecular flexibility index (Phi) is 5.29. The predicted octanol–water partition coefficient (Wildman–Crippen LogP) is 1.25. The van der Waals surface area contributed by atoms with Gasteiger partial charge in [0.05, 0.1) is 19.2 Å². The van der Waals surface area contributed by atoms with Crippen molar-refractivity contribution in [3.05, 3.63) is 23.8 Å². The van der Waals surface area contributed by atoms with Crippen LogP contribution in [0.5, 0.6) is 5.75 Å². The fourth-order valence-electron chi connectivity index (χ4n) is 3.13. The van der Waals surface area contributed by atoms with Gasteiger partial charge in [-0.15, -0.1) is 0 Å². The zero-order valence-electron chi connectivity index (χ0n) is 15.0. The molecule has 1 aromatic carbocycles. The van der Waals surface area contributed by atoms with Crippen molar-refractivity contribution >= 4 is 23.6 Å². The lowest BCUT2D eigenvalue weighted by atomic mass is 10.1. The van der Waals surface area contributed by atoms with Crippen LogP contribution >= 0.6 is 0 Å². The van der Waals surface area contributed by atoms with E-state index in [9.17, 15) is 14.4 Å². The summed E-state index contributed by atoms with van der Waals surface area (Å²) in [7, 11) is 1.36. The summed E-state index contributed by atoms with van der Waals surface area (Å²) in [5.41, 5.74) is 1.40. The van der Waals surface area contributed by atoms with E-state index in [1.54, 1.807) is 28.9 Å². The molecule has 2 aliphatic heterocycles. The Balaban J connectivity index is 1.62. The van der Waals surface area contributed by atoms with Crippen molar-refractivity contribution in [2.45, 2.75) is 25.9 Å². The van der Waals surface area contributed by atoms with Crippen LogP contribution in [0.25, 0.3) is 0 Å². The fourth-order valence-corrected chi connectivity index (χ4v) is 3.13. The molecule has 0 radical (unpaired) electrons. The smallest absolute Gasteiger partial charge is 0.409 e. The van der Waals surface area contributed by atoms with E-state index >= 15 is 0 Å². The van der Waals surface area contributed by atoms with Crippen LogP contribution < -0.4 is 10.1 Å². The van der Waals surface area contributed by atoms with Crippen LogP contribution in [-0.4, -0.2) is 67.1 Å². The Morgan fingerprint density at radius 1 is 1.23 bits per heavy atom. The van der Waals surface area contributed by atoms with Gasteiger partial charge in [-0.3, -0.25) is 9.59 Å². The lowest BCUT2D eigenvalue weighted by Gasteiger charge is -2.24. The molecular weight excluding hydrogens is 338 g/mol. The maximum atomic E-state index is 12.6. The minimum absolute atomic E-state index is 0.00640. The Morgan fingerprint density at radius 2 is 1.96 bits per heavy atom. The van der Waals surface area contributed by atoms with Gasteiger partial charge in [0.15, 0.2) is 6.10 Å². The number of hydrogen-bond donors (Lipinski definition) is 1. The van der Waals surface area contributed by atoms with E-state index in [4.69, 9.17) is 9.47 Å². The number of fused-ring (bicyclic) bond motifs is 1. The number of amides is 3. The number of rotatable bonds is 2. The van der Waals surface area contributed by atoms with Gasteiger partial charge in [-0.25, -0.2) is 4.79 Å². The first kappa shape index (κ1) is 18.0. The molecule has 1 unspecified atom stereocenters. The first-order valence-corrected chi connectivity index (χ1v) is 8.69. The Hall–Kier alpha value is -2.77. The number of anilines is 1. The standard InChI is InChI=1S/C18H23N3O5/c1-12-17(23)19-14-10-13(4-5-15(14)26-12)11-16(22)20-6-3-7-21(9-8-20)18(24)25-2/h4-5,10,12H,3,6-9,11H2,1-2H3,(H,19,23). The highest BCUT2D eigenvalue weighted by Crippen LogP contribution is 2.30. The second-order valence-electron chi connectivity index (χ2n) is 6.45. The lowest BCUT2D eigenvalue weighted by molar-refractivity contribution is -0.130. The summed E-state index contributed by atoms with van der Waals surface area (Å²) in [6.45, 7) is 3.82. The van der Waals surface area contributed by atoms with E-state index in [1.807, 2.05) is 6.07 Å². The van der Waals surface area contributed by atoms with Crippen LogP contribution in [0.15, 0.2) is 18.2 Å². The number of nitrogens with one attached hydrogen (secondary N) is 1. The van der Waals surface area contributed by atoms with E-state index in [0.29, 0.717) is 44.0 Å². The minimum atomic E-state index is -0.523. The van der Waals surface area contributed by atoms with Gasteiger partial charge in [-0.1, -0.05) is 6.07 Å². The summed E-state index contributed by atoms with van der Waals surface area (Å²) in [4.78, 5) is 39.4. The molecule has 2 aliphatic rings. The molecule has 1 atom stereocenters. The molecule has 1 aromatic rings. The largest absolute Gasteiger partial charge is 0.479 e. The summed E-state index contributed by atoms with van der Waals surface area (Å²) < 4.78 is 10.3. The number of benzene rings is 1. The van der Waals surface area contributed by atoms with E-state index in [1.165, 1.54) is 7.11 Å². The van der Waals surface area contributed by atoms with Gasteiger partial charge < -0.3 is 24.6 Å². The highest BCUT2D eigenvalue weighted by Gasteiger charge is 2.25. The van der Waals surface area contributed by atoms with E-state index in [0.717, 1.165) is 5.56 Å². The van der Waals surface area contributed by atoms with Crippen LogP contribution in [-0.2, 0) is 20.7 Å². The van der Waals surface area contributed by atoms with Crippen molar-refractivity contribution in [2.24, 2.45) is 0 Å². The second-order valence-corrected chi connectivity index (χ2v) is 6.45. The van der Waals surface area contributed by atoms with Crippen molar-refractivity contribution in [1.82, 2.24) is 9.80 Å². The van der Waals surface area contributed by atoms with Crippen LogP contribution in [0.1, 0.15) is 18.9 Å². The number of ether oxygens (including phenoxy) is 2. The van der Waals surface area contributed by atoms with Gasteiger partial charge in [0.2, 0.25) is 5.91 Å². The number of carbonyl (C=O) groups excluding carboxylic acids is 3. The average molecular weight is 361 g/mol. The fraction of sp³-hybridized carbons (Fsp3) is 0.500. The van der Waals surface area contributed by atoms with Gasteiger partial charge in [0.1, 0.15) is 5.75 Å². The van der Waals surface area contributed by atoms with Gasteiger partial charge in [-0.2, -0.15) is 0 Å². The normalized spacial score (nSPS) is 19.8. The van der Waals surface area contributed by atoms with Crippen molar-refractivity contribution in [1.29, 1.82) is 0 Å². The first-order valence-electron chi connectivity index (χ1n) is 8.69. The second kappa shape index (κ2) is 7.63. The molecule has 3 rings (SSSR count). The molecule has 0 bridgehead atoms. The van der Waals surface area contributed by atoms with E-state index in [-0.39, 0.29) is 24.3 Å². The topological polar surface area (TPSA) is 88.2 Å². The molecule has 0 aliphatic carbocycles. The third kappa shape index (κ3) is 3.89. The van der Waals surface area contributed by atoms with Gasteiger partial charge >= 0.3 is 6.09 Å².